The fourth-order valence-corrected chi connectivity index (χ4v) is 2.65. The van der Waals surface area contributed by atoms with Gasteiger partial charge in [-0.15, -0.1) is 0 Å². The summed E-state index contributed by atoms with van der Waals surface area (Å²) in [7, 11) is 0. The molecule has 0 unspecified atom stereocenters. The first-order chi connectivity index (χ1) is 9.00. The van der Waals surface area contributed by atoms with Gasteiger partial charge < -0.3 is 5.11 Å². The highest BCUT2D eigenvalue weighted by Gasteiger charge is 2.29. The molecule has 5 heteroatoms. The summed E-state index contributed by atoms with van der Waals surface area (Å²) in [5.41, 5.74) is 1.69. The molecule has 0 aromatic heterocycles. The number of carbonyl (C=O) groups is 2. The maximum absolute atomic E-state index is 12.0. The average molecular weight is 270 g/mol. The summed E-state index contributed by atoms with van der Waals surface area (Å²) in [6.07, 6.45) is 5.28. The van der Waals surface area contributed by atoms with Gasteiger partial charge in [-0.3, -0.25) is 20.0 Å². The fourth-order valence-electron chi connectivity index (χ4n) is 2.65. The Bertz CT molecular complexity index is 312. The van der Waals surface area contributed by atoms with Gasteiger partial charge in [-0.05, 0) is 25.7 Å². The Kier molecular flexibility index (Phi) is 6.28. The van der Waals surface area contributed by atoms with Crippen molar-refractivity contribution in [2.45, 2.75) is 70.8 Å². The van der Waals surface area contributed by atoms with Crippen LogP contribution in [0.15, 0.2) is 0 Å². The molecule has 0 aromatic carbocycles. The van der Waals surface area contributed by atoms with Crippen molar-refractivity contribution in [2.24, 2.45) is 0 Å². The molecule has 1 aliphatic rings. The van der Waals surface area contributed by atoms with E-state index in [1.165, 1.54) is 5.01 Å². The lowest BCUT2D eigenvalue weighted by molar-refractivity contribution is -0.145. The molecule has 1 saturated heterocycles. The minimum absolute atomic E-state index is 0.0332. The molecule has 1 heterocycles. The van der Waals surface area contributed by atoms with Gasteiger partial charge in [0.25, 0.3) is 0 Å². The van der Waals surface area contributed by atoms with Crippen molar-refractivity contribution in [3.8, 4) is 0 Å². The van der Waals surface area contributed by atoms with Crippen LogP contribution >= 0.6 is 0 Å². The van der Waals surface area contributed by atoms with E-state index in [0.29, 0.717) is 25.8 Å². The number of aliphatic hydroxyl groups is 1. The topological polar surface area (TPSA) is 69.6 Å². The Morgan fingerprint density at radius 2 is 1.95 bits per heavy atom. The number of carbonyl (C=O) groups excluding carboxylic acids is 2. The molecule has 19 heavy (non-hydrogen) atoms. The number of nitrogens with zero attached hydrogens (tertiary/aromatic N) is 1. The molecule has 1 fully saturated rings. The van der Waals surface area contributed by atoms with E-state index in [1.54, 1.807) is 0 Å². The molecule has 2 amide bonds. The van der Waals surface area contributed by atoms with Crippen LogP contribution in [-0.4, -0.2) is 34.1 Å². The van der Waals surface area contributed by atoms with E-state index in [9.17, 15) is 14.7 Å². The Hall–Kier alpha value is -1.10. The van der Waals surface area contributed by atoms with Gasteiger partial charge in [0.1, 0.15) is 0 Å². The quantitative estimate of drug-likeness (QED) is 0.740. The van der Waals surface area contributed by atoms with Crippen molar-refractivity contribution in [3.63, 3.8) is 0 Å². The number of hydrogen-bond acceptors (Lipinski definition) is 3. The lowest BCUT2D eigenvalue weighted by Gasteiger charge is -2.30. The monoisotopic (exact) mass is 270 g/mol. The van der Waals surface area contributed by atoms with Gasteiger partial charge in [0, 0.05) is 13.0 Å². The number of rotatable bonds is 7. The summed E-state index contributed by atoms with van der Waals surface area (Å²) in [4.78, 5) is 23.6. The number of hydrazine groups is 1. The van der Waals surface area contributed by atoms with E-state index < -0.39 is 5.60 Å². The zero-order chi connectivity index (χ0) is 14.3. The molecular weight excluding hydrogens is 244 g/mol. The summed E-state index contributed by atoms with van der Waals surface area (Å²) in [5, 5.41) is 11.8. The van der Waals surface area contributed by atoms with Crippen molar-refractivity contribution in [1.82, 2.24) is 10.4 Å². The van der Waals surface area contributed by atoms with Gasteiger partial charge in [0.05, 0.1) is 12.0 Å². The average Bonchev–Trinajstić information content (AvgIpc) is 2.32. The van der Waals surface area contributed by atoms with Crippen molar-refractivity contribution < 1.29 is 14.7 Å². The predicted octanol–water partition coefficient (Wildman–Crippen LogP) is 1.75. The van der Waals surface area contributed by atoms with Crippen molar-refractivity contribution >= 4 is 11.8 Å². The highest BCUT2D eigenvalue weighted by Crippen LogP contribution is 2.23. The molecule has 0 bridgehead atoms. The number of hydrogen-bond donors (Lipinski definition) is 2. The smallest absolute Gasteiger partial charge is 0.241 e. The zero-order valence-electron chi connectivity index (χ0n) is 12.1. The Morgan fingerprint density at radius 3 is 2.47 bits per heavy atom. The molecule has 1 aliphatic heterocycles. The third kappa shape index (κ3) is 5.19. The Labute approximate surface area is 115 Å². The van der Waals surface area contributed by atoms with Crippen molar-refractivity contribution in [1.29, 1.82) is 0 Å². The zero-order valence-corrected chi connectivity index (χ0v) is 12.1. The molecule has 0 spiro atoms. The Balaban J connectivity index is 2.49. The second-order valence-electron chi connectivity index (χ2n) is 5.44. The molecule has 0 aromatic rings. The minimum atomic E-state index is -0.938. The maximum Gasteiger partial charge on any atom is 0.241 e. The molecule has 5 nitrogen and oxygen atoms in total. The Morgan fingerprint density at radius 1 is 1.32 bits per heavy atom. The molecule has 0 atom stereocenters. The van der Waals surface area contributed by atoms with Gasteiger partial charge in [-0.1, -0.05) is 26.7 Å². The minimum Gasteiger partial charge on any atom is -0.389 e. The van der Waals surface area contributed by atoms with E-state index in [4.69, 9.17) is 0 Å². The normalized spacial score (nSPS) is 16.6. The number of nitrogens with one attached hydrogen (secondary N) is 1. The lowest BCUT2D eigenvalue weighted by Crippen LogP contribution is -2.50. The first kappa shape index (κ1) is 16.0. The first-order valence-corrected chi connectivity index (χ1v) is 7.33. The highest BCUT2D eigenvalue weighted by atomic mass is 16.3. The summed E-state index contributed by atoms with van der Waals surface area (Å²) in [5.74, 6) is -0.297. The summed E-state index contributed by atoms with van der Waals surface area (Å²) in [6, 6.07) is 0. The molecule has 110 valence electrons. The van der Waals surface area contributed by atoms with Gasteiger partial charge in [-0.2, -0.15) is 0 Å². The SMILES string of the molecule is CCCC(O)(CCC)CC(=O)NN1CCCCC1=O. The summed E-state index contributed by atoms with van der Waals surface area (Å²) >= 11 is 0. The van der Waals surface area contributed by atoms with E-state index in [0.717, 1.165) is 25.7 Å². The molecular formula is C14H26N2O3. The number of piperidine rings is 1. The third-order valence-corrected chi connectivity index (χ3v) is 3.50. The van der Waals surface area contributed by atoms with Crippen LogP contribution in [0.3, 0.4) is 0 Å². The van der Waals surface area contributed by atoms with Crippen molar-refractivity contribution in [2.75, 3.05) is 6.54 Å². The summed E-state index contributed by atoms with van der Waals surface area (Å²) < 4.78 is 0. The second kappa shape index (κ2) is 7.48. The first-order valence-electron chi connectivity index (χ1n) is 7.33. The van der Waals surface area contributed by atoms with E-state index >= 15 is 0 Å². The van der Waals surface area contributed by atoms with E-state index in [2.05, 4.69) is 5.43 Å². The largest absolute Gasteiger partial charge is 0.389 e. The van der Waals surface area contributed by atoms with Crippen LogP contribution in [0.2, 0.25) is 0 Å². The van der Waals surface area contributed by atoms with Crippen LogP contribution in [0.4, 0.5) is 0 Å². The van der Waals surface area contributed by atoms with Gasteiger partial charge in [0.2, 0.25) is 11.8 Å². The maximum atomic E-state index is 12.0. The van der Waals surface area contributed by atoms with E-state index in [1.807, 2.05) is 13.8 Å². The second-order valence-corrected chi connectivity index (χ2v) is 5.44. The third-order valence-electron chi connectivity index (χ3n) is 3.50. The van der Waals surface area contributed by atoms with Crippen LogP contribution < -0.4 is 5.43 Å². The van der Waals surface area contributed by atoms with Crippen LogP contribution in [-0.2, 0) is 9.59 Å². The molecule has 0 radical (unpaired) electrons. The lowest BCUT2D eigenvalue weighted by atomic mass is 9.89. The standard InChI is InChI=1S/C14H26N2O3/c1-3-8-14(19,9-4-2)11-12(17)15-16-10-6-5-7-13(16)18/h19H,3-11H2,1-2H3,(H,15,17). The fraction of sp³-hybridized carbons (Fsp3) is 0.857. The van der Waals surface area contributed by atoms with Gasteiger partial charge in [-0.25, -0.2) is 0 Å². The van der Waals surface area contributed by atoms with Gasteiger partial charge >= 0.3 is 0 Å². The highest BCUT2D eigenvalue weighted by molar-refractivity contribution is 5.82. The van der Waals surface area contributed by atoms with Crippen LogP contribution in [0.25, 0.3) is 0 Å². The van der Waals surface area contributed by atoms with Crippen molar-refractivity contribution in [3.05, 3.63) is 0 Å². The van der Waals surface area contributed by atoms with Crippen LogP contribution in [0.1, 0.15) is 65.2 Å². The molecule has 0 aliphatic carbocycles. The predicted molar refractivity (Wildman–Crippen MR) is 73.1 cm³/mol. The van der Waals surface area contributed by atoms with Gasteiger partial charge in [0.15, 0.2) is 0 Å². The molecule has 2 N–H and O–H groups in total. The molecule has 1 rings (SSSR count). The number of amides is 2. The molecule has 0 saturated carbocycles. The summed E-state index contributed by atoms with van der Waals surface area (Å²) in [6.45, 7) is 4.56. The van der Waals surface area contributed by atoms with E-state index in [-0.39, 0.29) is 18.2 Å². The van der Waals surface area contributed by atoms with Crippen LogP contribution in [0.5, 0.6) is 0 Å². The van der Waals surface area contributed by atoms with Crippen LogP contribution in [0, 0.1) is 0 Å².